The van der Waals surface area contributed by atoms with Crippen LogP contribution in [0, 0.1) is 27.7 Å². The predicted molar refractivity (Wildman–Crippen MR) is 119 cm³/mol. The van der Waals surface area contributed by atoms with Crippen LogP contribution >= 0.6 is 0 Å². The van der Waals surface area contributed by atoms with Crippen molar-refractivity contribution in [3.05, 3.63) is 58.1 Å². The van der Waals surface area contributed by atoms with Gasteiger partial charge >= 0.3 is 0 Å². The van der Waals surface area contributed by atoms with Crippen LogP contribution in [0.15, 0.2) is 35.2 Å². The molecule has 2 aromatic carbocycles. The van der Waals surface area contributed by atoms with E-state index in [1.54, 1.807) is 19.1 Å². The zero-order chi connectivity index (χ0) is 22.5. The average Bonchev–Trinajstić information content (AvgIpc) is 2.68. The minimum Gasteiger partial charge on any atom is -0.484 e. The van der Waals surface area contributed by atoms with Gasteiger partial charge in [-0.2, -0.15) is 0 Å². The summed E-state index contributed by atoms with van der Waals surface area (Å²) in [5, 5.41) is 2.96. The van der Waals surface area contributed by atoms with Crippen molar-refractivity contribution in [2.75, 3.05) is 13.2 Å². The summed E-state index contributed by atoms with van der Waals surface area (Å²) in [6.07, 6.45) is 0.717. The van der Waals surface area contributed by atoms with E-state index in [0.717, 1.165) is 11.1 Å². The molecule has 1 atom stereocenters. The van der Waals surface area contributed by atoms with Crippen molar-refractivity contribution in [2.24, 2.45) is 0 Å². The van der Waals surface area contributed by atoms with Gasteiger partial charge in [0.2, 0.25) is 10.0 Å². The van der Waals surface area contributed by atoms with E-state index in [-0.39, 0.29) is 23.5 Å². The Morgan fingerprint density at radius 1 is 1.00 bits per heavy atom. The normalized spacial score (nSPS) is 12.5. The second-order valence-electron chi connectivity index (χ2n) is 7.70. The van der Waals surface area contributed by atoms with Crippen molar-refractivity contribution in [1.82, 2.24) is 10.0 Å². The standard InChI is InChI=1S/C23H32N2O4S/c1-7-10-24-30(27,28)20-8-9-22(18(5)12-20)29-14-23(26)25-19(6)21-13-16(3)15(2)11-17(21)4/h8-9,11-13,19,24H,7,10,14H2,1-6H3,(H,25,26). The number of carbonyl (C=O) groups is 1. The van der Waals surface area contributed by atoms with Crippen molar-refractivity contribution < 1.29 is 17.9 Å². The number of ether oxygens (including phenoxy) is 1. The molecule has 2 N–H and O–H groups in total. The SMILES string of the molecule is CCCNS(=O)(=O)c1ccc(OCC(=O)NC(C)c2cc(C)c(C)cc2C)c(C)c1. The first-order valence-corrected chi connectivity index (χ1v) is 11.6. The molecule has 6 nitrogen and oxygen atoms in total. The summed E-state index contributed by atoms with van der Waals surface area (Å²) in [7, 11) is -3.54. The summed E-state index contributed by atoms with van der Waals surface area (Å²) in [6, 6.07) is 8.70. The van der Waals surface area contributed by atoms with Crippen molar-refractivity contribution in [3.63, 3.8) is 0 Å². The van der Waals surface area contributed by atoms with Crippen LogP contribution in [-0.4, -0.2) is 27.5 Å². The number of hydrogen-bond acceptors (Lipinski definition) is 4. The quantitative estimate of drug-likeness (QED) is 0.630. The molecule has 0 saturated carbocycles. The molecule has 2 rings (SSSR count). The third-order valence-electron chi connectivity index (χ3n) is 5.08. The lowest BCUT2D eigenvalue weighted by molar-refractivity contribution is -0.123. The summed E-state index contributed by atoms with van der Waals surface area (Å²) >= 11 is 0. The second-order valence-corrected chi connectivity index (χ2v) is 9.46. The van der Waals surface area contributed by atoms with Gasteiger partial charge in [0.25, 0.3) is 5.91 Å². The van der Waals surface area contributed by atoms with Gasteiger partial charge < -0.3 is 10.1 Å². The Morgan fingerprint density at radius 2 is 1.67 bits per heavy atom. The number of carbonyl (C=O) groups excluding carboxylic acids is 1. The molecule has 0 aliphatic rings. The third-order valence-corrected chi connectivity index (χ3v) is 6.54. The van der Waals surface area contributed by atoms with Crippen LogP contribution in [0.3, 0.4) is 0 Å². The van der Waals surface area contributed by atoms with Crippen molar-refractivity contribution in [1.29, 1.82) is 0 Å². The Hall–Kier alpha value is -2.38. The van der Waals surface area contributed by atoms with Gasteiger partial charge in [-0.15, -0.1) is 0 Å². The Bertz CT molecular complexity index is 1020. The van der Waals surface area contributed by atoms with Crippen molar-refractivity contribution in [2.45, 2.75) is 58.9 Å². The number of nitrogens with one attached hydrogen (secondary N) is 2. The first-order chi connectivity index (χ1) is 14.0. The zero-order valence-electron chi connectivity index (χ0n) is 18.6. The topological polar surface area (TPSA) is 84.5 Å². The molecule has 0 fully saturated rings. The number of hydrogen-bond donors (Lipinski definition) is 2. The summed E-state index contributed by atoms with van der Waals surface area (Å²) in [5.41, 5.74) is 5.28. The Kier molecular flexibility index (Phi) is 8.03. The van der Waals surface area contributed by atoms with Crippen LogP contribution in [0.25, 0.3) is 0 Å². The van der Waals surface area contributed by atoms with E-state index >= 15 is 0 Å². The highest BCUT2D eigenvalue weighted by molar-refractivity contribution is 7.89. The Morgan fingerprint density at radius 3 is 2.30 bits per heavy atom. The molecule has 0 radical (unpaired) electrons. The summed E-state index contributed by atoms with van der Waals surface area (Å²) < 4.78 is 32.6. The molecular weight excluding hydrogens is 400 g/mol. The molecule has 0 saturated heterocycles. The number of amides is 1. The molecule has 30 heavy (non-hydrogen) atoms. The number of sulfonamides is 1. The van der Waals surface area contributed by atoms with Gasteiger partial charge in [0.1, 0.15) is 5.75 Å². The zero-order valence-corrected chi connectivity index (χ0v) is 19.4. The lowest BCUT2D eigenvalue weighted by Gasteiger charge is -2.19. The van der Waals surface area contributed by atoms with Gasteiger partial charge in [0.05, 0.1) is 10.9 Å². The van der Waals surface area contributed by atoms with E-state index < -0.39 is 10.0 Å². The van der Waals surface area contributed by atoms with E-state index in [0.29, 0.717) is 24.3 Å². The van der Waals surface area contributed by atoms with Gasteiger partial charge in [-0.25, -0.2) is 13.1 Å². The van der Waals surface area contributed by atoms with Gasteiger partial charge in [-0.3, -0.25) is 4.79 Å². The predicted octanol–water partition coefficient (Wildman–Crippen LogP) is 3.86. The second kappa shape index (κ2) is 10.1. The fraction of sp³-hybridized carbons (Fsp3) is 0.435. The minimum absolute atomic E-state index is 0.140. The molecule has 0 aliphatic carbocycles. The van der Waals surface area contributed by atoms with Gasteiger partial charge in [0, 0.05) is 6.54 Å². The third kappa shape index (κ3) is 6.06. The first-order valence-electron chi connectivity index (χ1n) is 10.2. The molecule has 0 heterocycles. The van der Waals surface area contributed by atoms with Crippen LogP contribution in [0.4, 0.5) is 0 Å². The molecule has 7 heteroatoms. The number of aryl methyl sites for hydroxylation is 4. The lowest BCUT2D eigenvalue weighted by Crippen LogP contribution is -2.31. The van der Waals surface area contributed by atoms with E-state index in [2.05, 4.69) is 36.0 Å². The maximum atomic E-state index is 12.4. The average molecular weight is 433 g/mol. The maximum Gasteiger partial charge on any atom is 0.258 e. The van der Waals surface area contributed by atoms with Crippen LogP contribution < -0.4 is 14.8 Å². The Balaban J connectivity index is 2.00. The molecule has 164 valence electrons. The van der Waals surface area contributed by atoms with Gasteiger partial charge in [0.15, 0.2) is 6.61 Å². The maximum absolute atomic E-state index is 12.4. The lowest BCUT2D eigenvalue weighted by atomic mass is 9.96. The summed E-state index contributed by atoms with van der Waals surface area (Å²) in [6.45, 7) is 12.0. The Labute approximate surface area is 180 Å². The molecular formula is C23H32N2O4S. The highest BCUT2D eigenvalue weighted by atomic mass is 32.2. The van der Waals surface area contributed by atoms with E-state index in [9.17, 15) is 13.2 Å². The van der Waals surface area contributed by atoms with Crippen LogP contribution in [0.1, 0.15) is 54.1 Å². The molecule has 1 unspecified atom stereocenters. The molecule has 0 spiro atoms. The minimum atomic E-state index is -3.54. The molecule has 1 amide bonds. The summed E-state index contributed by atoms with van der Waals surface area (Å²) in [5.74, 6) is 0.246. The fourth-order valence-corrected chi connectivity index (χ4v) is 4.44. The summed E-state index contributed by atoms with van der Waals surface area (Å²) in [4.78, 5) is 12.6. The molecule has 0 aromatic heterocycles. The highest BCUT2D eigenvalue weighted by Gasteiger charge is 2.16. The van der Waals surface area contributed by atoms with Crippen LogP contribution in [-0.2, 0) is 14.8 Å². The van der Waals surface area contributed by atoms with Crippen LogP contribution in [0.2, 0.25) is 0 Å². The van der Waals surface area contributed by atoms with Crippen molar-refractivity contribution >= 4 is 15.9 Å². The number of rotatable bonds is 9. The van der Waals surface area contributed by atoms with E-state index in [4.69, 9.17) is 4.74 Å². The van der Waals surface area contributed by atoms with Crippen LogP contribution in [0.5, 0.6) is 5.75 Å². The molecule has 0 bridgehead atoms. The monoisotopic (exact) mass is 432 g/mol. The van der Waals surface area contributed by atoms with Gasteiger partial charge in [-0.1, -0.05) is 19.1 Å². The van der Waals surface area contributed by atoms with E-state index in [1.807, 2.05) is 20.8 Å². The molecule has 0 aliphatic heterocycles. The smallest absolute Gasteiger partial charge is 0.258 e. The van der Waals surface area contributed by atoms with Gasteiger partial charge in [-0.05, 0) is 87.1 Å². The molecule has 2 aromatic rings. The fourth-order valence-electron chi connectivity index (χ4n) is 3.22. The van der Waals surface area contributed by atoms with Crippen molar-refractivity contribution in [3.8, 4) is 5.75 Å². The number of benzene rings is 2. The largest absolute Gasteiger partial charge is 0.484 e. The highest BCUT2D eigenvalue weighted by Crippen LogP contribution is 2.23. The first kappa shape index (κ1) is 23.9. The van der Waals surface area contributed by atoms with E-state index in [1.165, 1.54) is 17.2 Å².